The maximum absolute atomic E-state index is 13.9. The van der Waals surface area contributed by atoms with Crippen molar-refractivity contribution in [3.05, 3.63) is 83.7 Å². The van der Waals surface area contributed by atoms with Crippen molar-refractivity contribution in [1.29, 1.82) is 0 Å². The molecule has 0 aromatic heterocycles. The molecule has 0 spiro atoms. The van der Waals surface area contributed by atoms with Crippen LogP contribution in [0.15, 0.2) is 66.7 Å². The lowest BCUT2D eigenvalue weighted by Gasteiger charge is -2.43. The van der Waals surface area contributed by atoms with Gasteiger partial charge in [0, 0.05) is 58.3 Å². The number of fused-ring (bicyclic) bond motifs is 1. The third-order valence-electron chi connectivity index (χ3n) is 11.3. The highest BCUT2D eigenvalue weighted by Gasteiger charge is 2.42. The lowest BCUT2D eigenvalue weighted by molar-refractivity contribution is -0.492. The zero-order chi connectivity index (χ0) is 44.6. The number of carbonyl (C=O) groups excluding carboxylic acids is 2. The molecular weight excluding hydrogens is 826 g/mol. The van der Waals surface area contributed by atoms with Gasteiger partial charge in [0.2, 0.25) is 5.91 Å². The molecular formula is C44H60FN5O13. The van der Waals surface area contributed by atoms with Crippen LogP contribution in [0.3, 0.4) is 0 Å². The zero-order valence-corrected chi connectivity index (χ0v) is 35.7. The fourth-order valence-electron chi connectivity index (χ4n) is 8.24. The van der Waals surface area contributed by atoms with Gasteiger partial charge in [-0.3, -0.25) is 40.1 Å². The number of hydrogen-bond acceptors (Lipinski definition) is 17. The van der Waals surface area contributed by atoms with Gasteiger partial charge >= 0.3 is 5.97 Å². The summed E-state index contributed by atoms with van der Waals surface area (Å²) < 4.78 is 44.6. The van der Waals surface area contributed by atoms with E-state index in [1.807, 2.05) is 42.5 Å². The first-order valence-electron chi connectivity index (χ1n) is 21.5. The first-order chi connectivity index (χ1) is 30.6. The predicted octanol–water partition coefficient (Wildman–Crippen LogP) is 5.51. The number of unbranched alkanes of at least 4 members (excludes halogenated alkanes) is 2. The summed E-state index contributed by atoms with van der Waals surface area (Å²) in [4.78, 5) is 42.5. The van der Waals surface area contributed by atoms with Crippen molar-refractivity contribution in [2.45, 2.75) is 82.2 Å². The minimum absolute atomic E-state index is 0.00460. The van der Waals surface area contributed by atoms with Gasteiger partial charge in [-0.25, -0.2) is 4.39 Å². The molecule has 1 amide bonds. The van der Waals surface area contributed by atoms with Crippen molar-refractivity contribution >= 4 is 23.3 Å². The number of anilines is 2. The summed E-state index contributed by atoms with van der Waals surface area (Å²) in [6.45, 7) is 4.55. The van der Waals surface area contributed by atoms with Gasteiger partial charge in [-0.2, -0.15) is 0 Å². The SMILES string of the molecule is COCCCN1CCOc2ccc(COC3CN(C(=O)CCCCON(O)O)CC(OC(=O)CCCCON(O)O)C3c3ccc(OC4CCN(c5cccc(F)c5)C4)cc3)cc21. The highest BCUT2D eigenvalue weighted by atomic mass is 19.1. The van der Waals surface area contributed by atoms with Gasteiger partial charge in [-0.15, -0.1) is 0 Å². The van der Waals surface area contributed by atoms with Crippen LogP contribution >= 0.6 is 0 Å². The summed E-state index contributed by atoms with van der Waals surface area (Å²) in [5.74, 6) is -0.0324. The largest absolute Gasteiger partial charge is 0.490 e. The third kappa shape index (κ3) is 14.7. The fraction of sp³-hybridized carbons (Fsp3) is 0.545. The first kappa shape index (κ1) is 47.8. The monoisotopic (exact) mass is 885 g/mol. The number of likely N-dealkylation sites (tertiary alicyclic amines) is 1. The van der Waals surface area contributed by atoms with Crippen molar-refractivity contribution in [3.8, 4) is 11.5 Å². The number of methoxy groups -OCH3 is 1. The Morgan fingerprint density at radius 3 is 2.30 bits per heavy atom. The van der Waals surface area contributed by atoms with E-state index in [0.29, 0.717) is 51.2 Å². The molecule has 18 nitrogen and oxygen atoms in total. The Morgan fingerprint density at radius 2 is 1.57 bits per heavy atom. The molecule has 4 unspecified atom stereocenters. The molecule has 3 aromatic carbocycles. The number of benzene rings is 3. The maximum Gasteiger partial charge on any atom is 0.306 e. The normalized spacial score (nSPS) is 20.0. The van der Waals surface area contributed by atoms with E-state index in [1.54, 1.807) is 18.1 Å². The van der Waals surface area contributed by atoms with Crippen LogP contribution in [0.5, 0.6) is 11.5 Å². The molecule has 4 N–H and O–H groups in total. The van der Waals surface area contributed by atoms with Gasteiger partial charge in [-0.05, 0) is 85.7 Å². The van der Waals surface area contributed by atoms with Crippen LogP contribution in [0.25, 0.3) is 0 Å². The van der Waals surface area contributed by atoms with Crippen LogP contribution in [0.2, 0.25) is 0 Å². The Bertz CT molecular complexity index is 1880. The number of carbonyl (C=O) groups is 2. The molecule has 346 valence electrons. The van der Waals surface area contributed by atoms with E-state index in [4.69, 9.17) is 44.5 Å². The summed E-state index contributed by atoms with van der Waals surface area (Å²) in [5.41, 5.74) is 3.49. The van der Waals surface area contributed by atoms with Crippen LogP contribution in [0.1, 0.15) is 68.4 Å². The van der Waals surface area contributed by atoms with Crippen molar-refractivity contribution in [1.82, 2.24) is 15.7 Å². The molecule has 0 bridgehead atoms. The molecule has 6 rings (SSSR count). The number of esters is 1. The van der Waals surface area contributed by atoms with E-state index in [0.717, 1.165) is 60.7 Å². The van der Waals surface area contributed by atoms with Crippen LogP contribution < -0.4 is 19.3 Å². The highest BCUT2D eigenvalue weighted by molar-refractivity contribution is 5.76. The molecule has 0 radical (unpaired) electrons. The molecule has 19 heteroatoms. The predicted molar refractivity (Wildman–Crippen MR) is 223 cm³/mol. The number of ether oxygens (including phenoxy) is 5. The number of hydrogen-bond donors (Lipinski definition) is 4. The Morgan fingerprint density at radius 1 is 0.825 bits per heavy atom. The van der Waals surface area contributed by atoms with E-state index in [1.165, 1.54) is 12.1 Å². The molecule has 3 heterocycles. The molecule has 2 fully saturated rings. The van der Waals surface area contributed by atoms with Gasteiger partial charge in [0.25, 0.3) is 0 Å². The second kappa shape index (κ2) is 24.4. The quantitative estimate of drug-likeness (QED) is 0.0499. The molecule has 3 aliphatic rings. The second-order valence-electron chi connectivity index (χ2n) is 15.8. The molecule has 3 aromatic rings. The summed E-state index contributed by atoms with van der Waals surface area (Å²) >= 11 is 0. The highest BCUT2D eigenvalue weighted by Crippen LogP contribution is 2.37. The van der Waals surface area contributed by atoms with Gasteiger partial charge in [-0.1, -0.05) is 24.3 Å². The summed E-state index contributed by atoms with van der Waals surface area (Å²) in [6, 6.07) is 20.1. The summed E-state index contributed by atoms with van der Waals surface area (Å²) in [6.07, 6.45) is 1.72. The van der Waals surface area contributed by atoms with Gasteiger partial charge in [0.15, 0.2) is 0 Å². The third-order valence-corrected chi connectivity index (χ3v) is 11.3. The Labute approximate surface area is 366 Å². The molecule has 2 saturated heterocycles. The van der Waals surface area contributed by atoms with Gasteiger partial charge in [0.05, 0.1) is 67.9 Å². The zero-order valence-electron chi connectivity index (χ0n) is 35.7. The molecule has 63 heavy (non-hydrogen) atoms. The standard InChI is InChI=1S/C44H60FN5O13/c1-57-22-7-19-46-21-25-58-39-17-12-32(26-38(39)46)31-59-40-29-48(42(51)10-2-4-23-60-49(53)54)30-41(63-43(52)11-3-5-24-61-50(55)56)44(40)33-13-15-36(16-14-33)62-37-18-20-47(28-37)35-9-6-8-34(45)27-35/h6,8-9,12-17,26-27,37,40-41,44,53-56H,2-5,7,10-11,18-25,28-31H2,1H3. The maximum atomic E-state index is 13.9. The van der Waals surface area contributed by atoms with Gasteiger partial charge in [0.1, 0.15) is 36.1 Å². The summed E-state index contributed by atoms with van der Waals surface area (Å²) in [5, 5.41) is 34.7. The minimum Gasteiger partial charge on any atom is -0.490 e. The Balaban J connectivity index is 1.22. The summed E-state index contributed by atoms with van der Waals surface area (Å²) in [7, 11) is 1.69. The molecule has 0 aliphatic carbocycles. The first-order valence-corrected chi connectivity index (χ1v) is 21.5. The van der Waals surface area contributed by atoms with E-state index < -0.39 is 24.1 Å². The van der Waals surface area contributed by atoms with Crippen LogP contribution in [0.4, 0.5) is 15.8 Å². The van der Waals surface area contributed by atoms with Crippen LogP contribution in [-0.4, -0.2) is 140 Å². The number of amides is 1. The van der Waals surface area contributed by atoms with Crippen LogP contribution in [-0.2, 0) is 40.1 Å². The fourth-order valence-corrected chi connectivity index (χ4v) is 8.24. The number of halogens is 1. The van der Waals surface area contributed by atoms with E-state index >= 15 is 0 Å². The number of nitrogens with zero attached hydrogens (tertiary/aromatic N) is 5. The lowest BCUT2D eigenvalue weighted by atomic mass is 9.84. The number of rotatable bonds is 24. The lowest BCUT2D eigenvalue weighted by Crippen LogP contribution is -2.55. The van der Waals surface area contributed by atoms with Crippen molar-refractivity contribution < 1.29 is 68.2 Å². The minimum atomic E-state index is -0.808. The van der Waals surface area contributed by atoms with Crippen molar-refractivity contribution in [3.63, 3.8) is 0 Å². The average Bonchev–Trinajstić information content (AvgIpc) is 3.74. The Kier molecular flexibility index (Phi) is 18.5. The Hall–Kier alpha value is -4.67. The van der Waals surface area contributed by atoms with E-state index in [9.17, 15) is 14.0 Å². The van der Waals surface area contributed by atoms with Crippen LogP contribution in [0, 0.1) is 5.82 Å². The van der Waals surface area contributed by atoms with Crippen molar-refractivity contribution in [2.75, 3.05) is 82.6 Å². The van der Waals surface area contributed by atoms with E-state index in [-0.39, 0.29) is 74.4 Å². The molecule has 0 saturated carbocycles. The smallest absolute Gasteiger partial charge is 0.306 e. The van der Waals surface area contributed by atoms with Gasteiger partial charge < -0.3 is 38.4 Å². The second-order valence-corrected chi connectivity index (χ2v) is 15.8. The van der Waals surface area contributed by atoms with E-state index in [2.05, 4.69) is 25.5 Å². The van der Waals surface area contributed by atoms with Crippen molar-refractivity contribution in [2.24, 2.45) is 0 Å². The average molecular weight is 886 g/mol. The molecule has 4 atom stereocenters. The molecule has 3 aliphatic heterocycles. The number of piperidine rings is 1. The topological polar surface area (TPSA) is 196 Å².